The van der Waals surface area contributed by atoms with Gasteiger partial charge in [-0.05, 0) is 42.7 Å². The number of hydrogen-bond acceptors (Lipinski definition) is 5. The van der Waals surface area contributed by atoms with Gasteiger partial charge in [0.2, 0.25) is 0 Å². The van der Waals surface area contributed by atoms with Crippen molar-refractivity contribution in [2.24, 2.45) is 0 Å². The molecule has 0 fully saturated rings. The molecule has 0 saturated heterocycles. The number of ether oxygens (including phenoxy) is 1. The van der Waals surface area contributed by atoms with E-state index in [0.29, 0.717) is 6.54 Å². The Kier molecular flexibility index (Phi) is 5.14. The molecular formula is C20H22N4O. The van der Waals surface area contributed by atoms with Crippen molar-refractivity contribution in [3.63, 3.8) is 0 Å². The van der Waals surface area contributed by atoms with Crippen molar-refractivity contribution in [3.05, 3.63) is 71.5 Å². The summed E-state index contributed by atoms with van der Waals surface area (Å²) in [6.07, 6.45) is 1.56. The molecule has 3 rings (SSSR count). The molecule has 2 aromatic carbocycles. The van der Waals surface area contributed by atoms with Crippen molar-refractivity contribution >= 4 is 17.3 Å². The highest BCUT2D eigenvalue weighted by atomic mass is 16.5. The molecule has 3 aromatic rings. The molecule has 0 radical (unpaired) electrons. The fraction of sp³-hybridized carbons (Fsp3) is 0.200. The second-order valence-electron chi connectivity index (χ2n) is 5.88. The van der Waals surface area contributed by atoms with Gasteiger partial charge in [-0.15, -0.1) is 0 Å². The highest BCUT2D eigenvalue weighted by molar-refractivity contribution is 5.65. The number of benzene rings is 2. The van der Waals surface area contributed by atoms with E-state index < -0.39 is 0 Å². The van der Waals surface area contributed by atoms with Gasteiger partial charge in [-0.2, -0.15) is 0 Å². The maximum absolute atomic E-state index is 5.17. The van der Waals surface area contributed by atoms with E-state index in [2.05, 4.69) is 52.6 Å². The minimum atomic E-state index is 0.684. The molecule has 25 heavy (non-hydrogen) atoms. The lowest BCUT2D eigenvalue weighted by molar-refractivity contribution is 0.414. The van der Waals surface area contributed by atoms with E-state index in [1.807, 2.05) is 30.3 Å². The van der Waals surface area contributed by atoms with Crippen molar-refractivity contribution in [2.75, 3.05) is 17.7 Å². The fourth-order valence-corrected chi connectivity index (χ4v) is 2.60. The normalized spacial score (nSPS) is 10.4. The Balaban J connectivity index is 1.68. The van der Waals surface area contributed by atoms with Gasteiger partial charge in [0.05, 0.1) is 7.11 Å². The first-order chi connectivity index (χ1) is 12.2. The van der Waals surface area contributed by atoms with Gasteiger partial charge in [0.25, 0.3) is 0 Å². The number of rotatable bonds is 6. The second-order valence-corrected chi connectivity index (χ2v) is 5.88. The van der Waals surface area contributed by atoms with Gasteiger partial charge < -0.3 is 15.4 Å². The Morgan fingerprint density at radius 3 is 2.28 bits per heavy atom. The van der Waals surface area contributed by atoms with E-state index in [9.17, 15) is 0 Å². The lowest BCUT2D eigenvalue weighted by Crippen LogP contribution is -2.04. The van der Waals surface area contributed by atoms with Crippen LogP contribution in [0.2, 0.25) is 0 Å². The Morgan fingerprint density at radius 1 is 0.920 bits per heavy atom. The standard InChI is InChI=1S/C20H22N4O/c1-14-5-4-6-15(2)20(14)24-19-11-18(22-13-23-19)21-12-16-7-9-17(25-3)10-8-16/h4-11,13H,12H2,1-3H3,(H2,21,22,23,24). The van der Waals surface area contributed by atoms with E-state index in [4.69, 9.17) is 4.74 Å². The van der Waals surface area contributed by atoms with Crippen LogP contribution in [0.15, 0.2) is 54.9 Å². The summed E-state index contributed by atoms with van der Waals surface area (Å²) >= 11 is 0. The van der Waals surface area contributed by atoms with Crippen molar-refractivity contribution < 1.29 is 4.74 Å². The monoisotopic (exact) mass is 334 g/mol. The third-order valence-electron chi connectivity index (χ3n) is 4.03. The molecule has 128 valence electrons. The second kappa shape index (κ2) is 7.66. The zero-order valence-corrected chi connectivity index (χ0v) is 14.7. The first kappa shape index (κ1) is 16.8. The number of aryl methyl sites for hydroxylation is 2. The predicted octanol–water partition coefficient (Wildman–Crippen LogP) is 4.46. The molecule has 0 atom stereocenters. The quantitative estimate of drug-likeness (QED) is 0.697. The van der Waals surface area contributed by atoms with Crippen LogP contribution in [0.5, 0.6) is 5.75 Å². The topological polar surface area (TPSA) is 59.1 Å². The lowest BCUT2D eigenvalue weighted by Gasteiger charge is -2.13. The van der Waals surface area contributed by atoms with Gasteiger partial charge in [-0.3, -0.25) is 0 Å². The number of methoxy groups -OCH3 is 1. The number of anilines is 3. The van der Waals surface area contributed by atoms with Gasteiger partial charge in [0.15, 0.2) is 0 Å². The maximum Gasteiger partial charge on any atom is 0.135 e. The van der Waals surface area contributed by atoms with Crippen LogP contribution in [0.1, 0.15) is 16.7 Å². The SMILES string of the molecule is COc1ccc(CNc2cc(Nc3c(C)cccc3C)ncn2)cc1. The summed E-state index contributed by atoms with van der Waals surface area (Å²) in [4.78, 5) is 8.60. The average Bonchev–Trinajstić information content (AvgIpc) is 2.64. The average molecular weight is 334 g/mol. The molecular weight excluding hydrogens is 312 g/mol. The van der Waals surface area contributed by atoms with E-state index in [1.54, 1.807) is 13.4 Å². The molecule has 0 bridgehead atoms. The Morgan fingerprint density at radius 2 is 1.60 bits per heavy atom. The number of para-hydroxylation sites is 1. The van der Waals surface area contributed by atoms with Crippen molar-refractivity contribution in [1.29, 1.82) is 0 Å². The van der Waals surface area contributed by atoms with Crippen molar-refractivity contribution in [3.8, 4) is 5.75 Å². The summed E-state index contributed by atoms with van der Waals surface area (Å²) in [5.41, 5.74) is 4.61. The number of aromatic nitrogens is 2. The summed E-state index contributed by atoms with van der Waals surface area (Å²) in [7, 11) is 1.67. The largest absolute Gasteiger partial charge is 0.497 e. The maximum atomic E-state index is 5.17. The summed E-state index contributed by atoms with van der Waals surface area (Å²) < 4.78 is 5.17. The molecule has 0 aliphatic heterocycles. The summed E-state index contributed by atoms with van der Waals surface area (Å²) in [5, 5.41) is 6.71. The molecule has 1 aromatic heterocycles. The summed E-state index contributed by atoms with van der Waals surface area (Å²) in [6, 6.07) is 16.1. The smallest absolute Gasteiger partial charge is 0.135 e. The molecule has 2 N–H and O–H groups in total. The Labute approximate surface area is 148 Å². The molecule has 0 unspecified atom stereocenters. The van der Waals surface area contributed by atoms with Gasteiger partial charge in [-0.1, -0.05) is 30.3 Å². The van der Waals surface area contributed by atoms with Crippen molar-refractivity contribution in [1.82, 2.24) is 9.97 Å². The van der Waals surface area contributed by atoms with Gasteiger partial charge >= 0.3 is 0 Å². The van der Waals surface area contributed by atoms with E-state index >= 15 is 0 Å². The number of nitrogens with zero attached hydrogens (tertiary/aromatic N) is 2. The zero-order valence-electron chi connectivity index (χ0n) is 14.7. The van der Waals surface area contributed by atoms with E-state index in [1.165, 1.54) is 11.1 Å². The number of hydrogen-bond donors (Lipinski definition) is 2. The third kappa shape index (κ3) is 4.26. The van der Waals surface area contributed by atoms with Crippen LogP contribution in [0.4, 0.5) is 17.3 Å². The van der Waals surface area contributed by atoms with Crippen LogP contribution in [0.3, 0.4) is 0 Å². The third-order valence-corrected chi connectivity index (χ3v) is 4.03. The van der Waals surface area contributed by atoms with E-state index in [0.717, 1.165) is 28.6 Å². The molecule has 1 heterocycles. The highest BCUT2D eigenvalue weighted by Crippen LogP contribution is 2.24. The summed E-state index contributed by atoms with van der Waals surface area (Å²) in [5.74, 6) is 2.40. The van der Waals surface area contributed by atoms with Crippen LogP contribution in [0, 0.1) is 13.8 Å². The molecule has 5 nitrogen and oxygen atoms in total. The lowest BCUT2D eigenvalue weighted by atomic mass is 10.1. The first-order valence-corrected chi connectivity index (χ1v) is 8.18. The highest BCUT2D eigenvalue weighted by Gasteiger charge is 2.05. The minimum Gasteiger partial charge on any atom is -0.497 e. The molecule has 0 aliphatic carbocycles. The van der Waals surface area contributed by atoms with Gasteiger partial charge in [0, 0.05) is 18.3 Å². The molecule has 0 amide bonds. The van der Waals surface area contributed by atoms with Crippen LogP contribution in [-0.2, 0) is 6.54 Å². The van der Waals surface area contributed by atoms with Crippen LogP contribution < -0.4 is 15.4 Å². The molecule has 5 heteroatoms. The predicted molar refractivity (Wildman–Crippen MR) is 102 cm³/mol. The Hall–Kier alpha value is -3.08. The molecule has 0 spiro atoms. The van der Waals surface area contributed by atoms with Gasteiger partial charge in [0.1, 0.15) is 23.7 Å². The minimum absolute atomic E-state index is 0.684. The van der Waals surface area contributed by atoms with Crippen LogP contribution >= 0.6 is 0 Å². The molecule has 0 saturated carbocycles. The molecule has 0 aliphatic rings. The number of nitrogens with one attached hydrogen (secondary N) is 2. The van der Waals surface area contributed by atoms with Gasteiger partial charge in [-0.25, -0.2) is 9.97 Å². The van der Waals surface area contributed by atoms with Crippen LogP contribution in [0.25, 0.3) is 0 Å². The van der Waals surface area contributed by atoms with E-state index in [-0.39, 0.29) is 0 Å². The summed E-state index contributed by atoms with van der Waals surface area (Å²) in [6.45, 7) is 4.85. The zero-order chi connectivity index (χ0) is 17.6. The fourth-order valence-electron chi connectivity index (χ4n) is 2.60. The first-order valence-electron chi connectivity index (χ1n) is 8.18. The van der Waals surface area contributed by atoms with Crippen molar-refractivity contribution in [2.45, 2.75) is 20.4 Å². The Bertz CT molecular complexity index is 826. The van der Waals surface area contributed by atoms with Crippen LogP contribution in [-0.4, -0.2) is 17.1 Å².